The Morgan fingerprint density at radius 1 is 0.774 bits per heavy atom. The standard InChI is InChI=1S/C26H33NO4/c1-3-7-20(8-4-1)16-29-18-22-23(19-30-17-21-9-5-2-6-10-21)26-24(15-25(22)31-26)27-11-13-28-14-12-27/h1-10,22-26H,11-19H2. The molecule has 0 aliphatic carbocycles. The third kappa shape index (κ3) is 5.02. The summed E-state index contributed by atoms with van der Waals surface area (Å²) >= 11 is 0. The zero-order chi connectivity index (χ0) is 20.9. The Morgan fingerprint density at radius 3 is 1.97 bits per heavy atom. The van der Waals surface area contributed by atoms with Crippen LogP contribution < -0.4 is 0 Å². The van der Waals surface area contributed by atoms with Crippen molar-refractivity contribution in [3.8, 4) is 0 Å². The van der Waals surface area contributed by atoms with E-state index in [-0.39, 0.29) is 12.2 Å². The van der Waals surface area contributed by atoms with Crippen LogP contribution in [0.5, 0.6) is 0 Å². The number of benzene rings is 2. The summed E-state index contributed by atoms with van der Waals surface area (Å²) in [6.07, 6.45) is 1.59. The van der Waals surface area contributed by atoms with Crippen molar-refractivity contribution in [2.75, 3.05) is 39.5 Å². The molecule has 3 aliphatic heterocycles. The first kappa shape index (κ1) is 21.1. The summed E-state index contributed by atoms with van der Waals surface area (Å²) in [7, 11) is 0. The van der Waals surface area contributed by atoms with Gasteiger partial charge in [-0.25, -0.2) is 0 Å². The molecule has 3 saturated heterocycles. The molecule has 166 valence electrons. The summed E-state index contributed by atoms with van der Waals surface area (Å²) in [5.74, 6) is 0.757. The van der Waals surface area contributed by atoms with Gasteiger partial charge in [-0.1, -0.05) is 60.7 Å². The molecule has 2 bridgehead atoms. The first-order valence-corrected chi connectivity index (χ1v) is 11.6. The van der Waals surface area contributed by atoms with Gasteiger partial charge in [0, 0.05) is 31.0 Å². The lowest BCUT2D eigenvalue weighted by atomic mass is 9.77. The van der Waals surface area contributed by atoms with Crippen LogP contribution in [0.15, 0.2) is 60.7 Å². The van der Waals surface area contributed by atoms with Crippen molar-refractivity contribution in [2.45, 2.75) is 37.9 Å². The molecule has 3 heterocycles. The Hall–Kier alpha value is -1.76. The summed E-state index contributed by atoms with van der Waals surface area (Å²) in [5, 5.41) is 0. The molecule has 5 nitrogen and oxygen atoms in total. The molecule has 2 aromatic rings. The number of hydrogen-bond acceptors (Lipinski definition) is 5. The van der Waals surface area contributed by atoms with Gasteiger partial charge in [0.25, 0.3) is 0 Å². The van der Waals surface area contributed by atoms with Gasteiger partial charge >= 0.3 is 0 Å². The molecule has 3 fully saturated rings. The van der Waals surface area contributed by atoms with Gasteiger partial charge in [-0.3, -0.25) is 4.90 Å². The molecule has 2 aromatic carbocycles. The number of nitrogens with zero attached hydrogens (tertiary/aromatic N) is 1. The maximum atomic E-state index is 6.53. The highest BCUT2D eigenvalue weighted by Gasteiger charge is 2.55. The monoisotopic (exact) mass is 423 g/mol. The van der Waals surface area contributed by atoms with E-state index in [0.717, 1.165) is 45.9 Å². The molecule has 31 heavy (non-hydrogen) atoms. The van der Waals surface area contributed by atoms with Crippen LogP contribution in [0.25, 0.3) is 0 Å². The average molecular weight is 424 g/mol. The van der Waals surface area contributed by atoms with Crippen LogP contribution in [0.2, 0.25) is 0 Å². The summed E-state index contributed by atoms with van der Waals surface area (Å²) in [4.78, 5) is 2.57. The minimum atomic E-state index is 0.226. The van der Waals surface area contributed by atoms with E-state index in [1.54, 1.807) is 0 Å². The van der Waals surface area contributed by atoms with Crippen molar-refractivity contribution in [3.63, 3.8) is 0 Å². The summed E-state index contributed by atoms with van der Waals surface area (Å²) in [6, 6.07) is 21.3. The molecule has 0 amide bonds. The third-order valence-corrected chi connectivity index (χ3v) is 6.99. The normalized spacial score (nSPS) is 30.6. The van der Waals surface area contributed by atoms with Gasteiger partial charge in [-0.2, -0.15) is 0 Å². The summed E-state index contributed by atoms with van der Waals surface area (Å²) < 4.78 is 24.5. The topological polar surface area (TPSA) is 40.2 Å². The smallest absolute Gasteiger partial charge is 0.0789 e. The van der Waals surface area contributed by atoms with Crippen LogP contribution in [-0.2, 0) is 32.2 Å². The zero-order valence-corrected chi connectivity index (χ0v) is 18.1. The largest absolute Gasteiger partial charge is 0.379 e. The predicted molar refractivity (Wildman–Crippen MR) is 119 cm³/mol. The van der Waals surface area contributed by atoms with E-state index < -0.39 is 0 Å². The number of hydrogen-bond donors (Lipinski definition) is 0. The van der Waals surface area contributed by atoms with Crippen molar-refractivity contribution >= 4 is 0 Å². The molecule has 0 N–H and O–H groups in total. The Bertz CT molecular complexity index is 796. The fourth-order valence-corrected chi connectivity index (χ4v) is 5.39. The fourth-order valence-electron chi connectivity index (χ4n) is 5.39. The molecular weight excluding hydrogens is 390 g/mol. The van der Waals surface area contributed by atoms with Gasteiger partial charge in [0.05, 0.1) is 51.8 Å². The van der Waals surface area contributed by atoms with Crippen LogP contribution in [0, 0.1) is 11.8 Å². The van der Waals surface area contributed by atoms with Crippen molar-refractivity contribution < 1.29 is 18.9 Å². The maximum Gasteiger partial charge on any atom is 0.0789 e. The van der Waals surface area contributed by atoms with Crippen molar-refractivity contribution in [3.05, 3.63) is 71.8 Å². The minimum absolute atomic E-state index is 0.226. The number of rotatable bonds is 9. The van der Waals surface area contributed by atoms with Gasteiger partial charge in [0.15, 0.2) is 0 Å². The second kappa shape index (κ2) is 10.2. The summed E-state index contributed by atoms with van der Waals surface area (Å²) in [6.45, 7) is 6.41. The van der Waals surface area contributed by atoms with Crippen LogP contribution in [-0.4, -0.2) is 62.7 Å². The first-order chi connectivity index (χ1) is 15.4. The van der Waals surface area contributed by atoms with Gasteiger partial charge in [0.2, 0.25) is 0 Å². The maximum absolute atomic E-state index is 6.53. The highest BCUT2D eigenvalue weighted by atomic mass is 16.5. The van der Waals surface area contributed by atoms with Gasteiger partial charge in [-0.15, -0.1) is 0 Å². The van der Waals surface area contributed by atoms with E-state index >= 15 is 0 Å². The highest BCUT2D eigenvalue weighted by Crippen LogP contribution is 2.46. The number of fused-ring (bicyclic) bond motifs is 2. The number of morpholine rings is 1. The van der Waals surface area contributed by atoms with Crippen LogP contribution in [0.3, 0.4) is 0 Å². The first-order valence-electron chi connectivity index (χ1n) is 11.6. The third-order valence-electron chi connectivity index (χ3n) is 6.99. The Morgan fingerprint density at radius 2 is 1.35 bits per heavy atom. The molecule has 0 saturated carbocycles. The van der Waals surface area contributed by atoms with Crippen LogP contribution in [0.1, 0.15) is 17.5 Å². The lowest BCUT2D eigenvalue weighted by molar-refractivity contribution is -0.0330. The second-order valence-electron chi connectivity index (χ2n) is 8.92. The molecule has 0 aromatic heterocycles. The van der Waals surface area contributed by atoms with E-state index in [1.807, 2.05) is 12.1 Å². The van der Waals surface area contributed by atoms with Gasteiger partial charge in [0.1, 0.15) is 0 Å². The molecule has 0 spiro atoms. The highest BCUT2D eigenvalue weighted by molar-refractivity contribution is 5.14. The van der Waals surface area contributed by atoms with E-state index in [2.05, 4.69) is 53.4 Å². The van der Waals surface area contributed by atoms with E-state index in [1.165, 1.54) is 11.1 Å². The minimum Gasteiger partial charge on any atom is -0.379 e. The van der Waals surface area contributed by atoms with Crippen molar-refractivity contribution in [1.29, 1.82) is 0 Å². The van der Waals surface area contributed by atoms with E-state index in [0.29, 0.717) is 31.1 Å². The van der Waals surface area contributed by atoms with E-state index in [9.17, 15) is 0 Å². The second-order valence-corrected chi connectivity index (χ2v) is 8.92. The van der Waals surface area contributed by atoms with Crippen LogP contribution >= 0.6 is 0 Å². The average Bonchev–Trinajstić information content (AvgIpc) is 3.40. The van der Waals surface area contributed by atoms with Crippen molar-refractivity contribution in [2.24, 2.45) is 11.8 Å². The molecule has 5 unspecified atom stereocenters. The van der Waals surface area contributed by atoms with Crippen molar-refractivity contribution in [1.82, 2.24) is 4.90 Å². The van der Waals surface area contributed by atoms with Gasteiger partial charge in [-0.05, 0) is 17.5 Å². The van der Waals surface area contributed by atoms with Gasteiger partial charge < -0.3 is 18.9 Å². The SMILES string of the molecule is c1ccc(COCC2C3CC(N4CCOCC4)C(O3)C2COCc2ccccc2)cc1. The predicted octanol–water partition coefficient (Wildman–Crippen LogP) is 3.52. The number of ether oxygens (including phenoxy) is 4. The molecule has 3 aliphatic rings. The lowest BCUT2D eigenvalue weighted by Gasteiger charge is -2.40. The van der Waals surface area contributed by atoms with Crippen LogP contribution in [0.4, 0.5) is 0 Å². The molecule has 5 atom stereocenters. The Labute approximate surface area is 185 Å². The Balaban J connectivity index is 1.21. The molecule has 0 radical (unpaired) electrons. The quantitative estimate of drug-likeness (QED) is 0.617. The molecule has 5 heteroatoms. The summed E-state index contributed by atoms with van der Waals surface area (Å²) in [5.41, 5.74) is 2.43. The zero-order valence-electron chi connectivity index (χ0n) is 18.1. The Kier molecular flexibility index (Phi) is 6.97. The van der Waals surface area contributed by atoms with E-state index in [4.69, 9.17) is 18.9 Å². The molecule has 5 rings (SSSR count). The fraction of sp³-hybridized carbons (Fsp3) is 0.538. The molecular formula is C26H33NO4. The lowest BCUT2D eigenvalue weighted by Crippen LogP contribution is -2.52.